The molecule has 1 aromatic carbocycles. The number of furan rings is 1. The standard InChI is InChI=1S/C21H30N2O5/c1-15-5-7-18(28-15)17(23-9-11-27-12-10-23)14-22-13-16-6-8-19(24-2)21(26-4)20(16)25-3/h5-8,17,22H,9-14H2,1-4H3. The van der Waals surface area contributed by atoms with Crippen molar-refractivity contribution in [3.05, 3.63) is 41.3 Å². The summed E-state index contributed by atoms with van der Waals surface area (Å²) in [6, 6.07) is 8.12. The number of benzene rings is 1. The molecule has 0 bridgehead atoms. The number of hydrogen-bond donors (Lipinski definition) is 1. The summed E-state index contributed by atoms with van der Waals surface area (Å²) >= 11 is 0. The van der Waals surface area contributed by atoms with Crippen molar-refractivity contribution in [2.75, 3.05) is 54.2 Å². The van der Waals surface area contributed by atoms with Crippen molar-refractivity contribution in [1.29, 1.82) is 0 Å². The summed E-state index contributed by atoms with van der Waals surface area (Å²) in [5, 5.41) is 3.55. The van der Waals surface area contributed by atoms with E-state index in [1.807, 2.05) is 25.1 Å². The van der Waals surface area contributed by atoms with E-state index in [-0.39, 0.29) is 6.04 Å². The van der Waals surface area contributed by atoms with Crippen molar-refractivity contribution in [3.8, 4) is 17.2 Å². The quantitative estimate of drug-likeness (QED) is 0.706. The Kier molecular flexibility index (Phi) is 7.19. The van der Waals surface area contributed by atoms with Crippen LogP contribution in [0.2, 0.25) is 0 Å². The molecule has 0 radical (unpaired) electrons. The van der Waals surface area contributed by atoms with Crippen molar-refractivity contribution < 1.29 is 23.4 Å². The average Bonchev–Trinajstić information content (AvgIpc) is 3.16. The molecule has 28 heavy (non-hydrogen) atoms. The first-order chi connectivity index (χ1) is 13.7. The average molecular weight is 390 g/mol. The van der Waals surface area contributed by atoms with Crippen LogP contribution >= 0.6 is 0 Å². The van der Waals surface area contributed by atoms with E-state index in [0.717, 1.165) is 49.9 Å². The summed E-state index contributed by atoms with van der Waals surface area (Å²) < 4.78 is 27.9. The molecule has 1 saturated heterocycles. The highest BCUT2D eigenvalue weighted by atomic mass is 16.5. The fourth-order valence-electron chi connectivity index (χ4n) is 3.58. The molecule has 1 aliphatic heterocycles. The molecule has 1 aromatic heterocycles. The van der Waals surface area contributed by atoms with Gasteiger partial charge >= 0.3 is 0 Å². The fraction of sp³-hybridized carbons (Fsp3) is 0.524. The first-order valence-corrected chi connectivity index (χ1v) is 9.54. The highest BCUT2D eigenvalue weighted by Gasteiger charge is 2.25. The zero-order valence-electron chi connectivity index (χ0n) is 17.1. The minimum atomic E-state index is 0.156. The summed E-state index contributed by atoms with van der Waals surface area (Å²) in [6.07, 6.45) is 0. The third kappa shape index (κ3) is 4.60. The Morgan fingerprint density at radius 1 is 1.00 bits per heavy atom. The maximum Gasteiger partial charge on any atom is 0.203 e. The number of aryl methyl sites for hydroxylation is 1. The summed E-state index contributed by atoms with van der Waals surface area (Å²) in [5.74, 6) is 3.85. The first kappa shape index (κ1) is 20.5. The normalized spacial score (nSPS) is 16.0. The lowest BCUT2D eigenvalue weighted by molar-refractivity contribution is 0.0115. The molecule has 1 unspecified atom stereocenters. The number of nitrogens with zero attached hydrogens (tertiary/aromatic N) is 1. The highest BCUT2D eigenvalue weighted by Crippen LogP contribution is 2.39. The lowest BCUT2D eigenvalue weighted by atomic mass is 10.1. The summed E-state index contributed by atoms with van der Waals surface area (Å²) in [4.78, 5) is 2.40. The third-order valence-corrected chi connectivity index (χ3v) is 5.01. The van der Waals surface area contributed by atoms with Gasteiger partial charge in [-0.2, -0.15) is 0 Å². The number of hydrogen-bond acceptors (Lipinski definition) is 7. The van der Waals surface area contributed by atoms with E-state index < -0.39 is 0 Å². The molecule has 2 heterocycles. The minimum absolute atomic E-state index is 0.156. The second-order valence-corrected chi connectivity index (χ2v) is 6.74. The van der Waals surface area contributed by atoms with Crippen molar-refractivity contribution in [1.82, 2.24) is 10.2 Å². The zero-order chi connectivity index (χ0) is 19.9. The zero-order valence-corrected chi connectivity index (χ0v) is 17.1. The Bertz CT molecular complexity index is 755. The highest BCUT2D eigenvalue weighted by molar-refractivity contribution is 5.55. The molecule has 0 spiro atoms. The molecule has 1 aliphatic rings. The van der Waals surface area contributed by atoms with E-state index in [9.17, 15) is 0 Å². The van der Waals surface area contributed by atoms with Crippen LogP contribution in [0.25, 0.3) is 0 Å². The van der Waals surface area contributed by atoms with Crippen LogP contribution in [0.4, 0.5) is 0 Å². The predicted octanol–water partition coefficient (Wildman–Crippen LogP) is 2.78. The summed E-state index contributed by atoms with van der Waals surface area (Å²) in [7, 11) is 4.88. The molecule has 0 saturated carbocycles. The molecule has 1 fully saturated rings. The van der Waals surface area contributed by atoms with E-state index in [0.29, 0.717) is 23.8 Å². The maximum absolute atomic E-state index is 5.93. The molecule has 1 atom stereocenters. The Morgan fingerprint density at radius 3 is 2.36 bits per heavy atom. The number of nitrogens with one attached hydrogen (secondary N) is 1. The molecule has 7 heteroatoms. The van der Waals surface area contributed by atoms with Gasteiger partial charge in [0.2, 0.25) is 5.75 Å². The molecule has 2 aromatic rings. The van der Waals surface area contributed by atoms with Gasteiger partial charge < -0.3 is 28.7 Å². The Hall–Kier alpha value is -2.22. The monoisotopic (exact) mass is 390 g/mol. The SMILES string of the molecule is COc1ccc(CNCC(c2ccc(C)o2)N2CCOCC2)c(OC)c1OC. The van der Waals surface area contributed by atoms with Crippen molar-refractivity contribution in [2.24, 2.45) is 0 Å². The molecular weight excluding hydrogens is 360 g/mol. The molecular formula is C21H30N2O5. The number of methoxy groups -OCH3 is 3. The Morgan fingerprint density at radius 2 is 1.75 bits per heavy atom. The van der Waals surface area contributed by atoms with E-state index in [1.165, 1.54) is 0 Å². The van der Waals surface area contributed by atoms with E-state index >= 15 is 0 Å². The van der Waals surface area contributed by atoms with Crippen LogP contribution < -0.4 is 19.5 Å². The lowest BCUT2D eigenvalue weighted by Gasteiger charge is -2.33. The van der Waals surface area contributed by atoms with Crippen molar-refractivity contribution in [3.63, 3.8) is 0 Å². The van der Waals surface area contributed by atoms with Gasteiger partial charge in [-0.1, -0.05) is 6.07 Å². The second-order valence-electron chi connectivity index (χ2n) is 6.74. The van der Waals surface area contributed by atoms with Gasteiger partial charge in [-0.15, -0.1) is 0 Å². The fourth-order valence-corrected chi connectivity index (χ4v) is 3.58. The van der Waals surface area contributed by atoms with Crippen molar-refractivity contribution in [2.45, 2.75) is 19.5 Å². The lowest BCUT2D eigenvalue weighted by Crippen LogP contribution is -2.42. The van der Waals surface area contributed by atoms with Crippen LogP contribution in [0.1, 0.15) is 23.1 Å². The van der Waals surface area contributed by atoms with Crippen LogP contribution in [0.5, 0.6) is 17.2 Å². The van der Waals surface area contributed by atoms with E-state index in [4.69, 9.17) is 23.4 Å². The largest absolute Gasteiger partial charge is 0.493 e. The Labute approximate surface area is 166 Å². The van der Waals surface area contributed by atoms with Gasteiger partial charge in [-0.3, -0.25) is 4.90 Å². The Balaban J connectivity index is 1.72. The van der Waals surface area contributed by atoms with E-state index in [2.05, 4.69) is 16.3 Å². The number of morpholine rings is 1. The van der Waals surface area contributed by atoms with Gasteiger partial charge in [0, 0.05) is 31.7 Å². The second kappa shape index (κ2) is 9.82. The van der Waals surface area contributed by atoms with Crippen LogP contribution in [0.3, 0.4) is 0 Å². The number of ether oxygens (including phenoxy) is 4. The van der Waals surface area contributed by atoms with E-state index in [1.54, 1.807) is 21.3 Å². The van der Waals surface area contributed by atoms with Gasteiger partial charge in [0.25, 0.3) is 0 Å². The van der Waals surface area contributed by atoms with Crippen molar-refractivity contribution >= 4 is 0 Å². The third-order valence-electron chi connectivity index (χ3n) is 5.01. The molecule has 0 aliphatic carbocycles. The van der Waals surface area contributed by atoms with Crippen LogP contribution in [0.15, 0.2) is 28.7 Å². The van der Waals surface area contributed by atoms with Gasteiger partial charge in [-0.05, 0) is 25.1 Å². The topological polar surface area (TPSA) is 65.3 Å². The molecule has 1 N–H and O–H groups in total. The summed E-state index contributed by atoms with van der Waals surface area (Å²) in [6.45, 7) is 6.66. The van der Waals surface area contributed by atoms with Gasteiger partial charge in [0.15, 0.2) is 11.5 Å². The minimum Gasteiger partial charge on any atom is -0.493 e. The molecule has 3 rings (SSSR count). The molecule has 0 amide bonds. The number of rotatable bonds is 9. The van der Waals surface area contributed by atoms with Gasteiger partial charge in [0.05, 0.1) is 40.6 Å². The smallest absolute Gasteiger partial charge is 0.203 e. The summed E-state index contributed by atoms with van der Waals surface area (Å²) in [5.41, 5.74) is 1.01. The first-order valence-electron chi connectivity index (χ1n) is 9.54. The maximum atomic E-state index is 5.93. The van der Waals surface area contributed by atoms with Crippen LogP contribution in [0, 0.1) is 6.92 Å². The predicted molar refractivity (Wildman–Crippen MR) is 106 cm³/mol. The molecule has 7 nitrogen and oxygen atoms in total. The van der Waals surface area contributed by atoms with Crippen LogP contribution in [-0.4, -0.2) is 59.1 Å². The van der Waals surface area contributed by atoms with Gasteiger partial charge in [0.1, 0.15) is 11.5 Å². The van der Waals surface area contributed by atoms with Gasteiger partial charge in [-0.25, -0.2) is 0 Å². The molecule has 154 valence electrons. The van der Waals surface area contributed by atoms with Crippen LogP contribution in [-0.2, 0) is 11.3 Å².